The van der Waals surface area contributed by atoms with E-state index in [2.05, 4.69) is 24.4 Å². The van der Waals surface area contributed by atoms with E-state index in [0.717, 1.165) is 12.1 Å². The van der Waals surface area contributed by atoms with Gasteiger partial charge in [-0.05, 0) is 25.0 Å². The van der Waals surface area contributed by atoms with Crippen LogP contribution in [0.25, 0.3) is 0 Å². The lowest BCUT2D eigenvalue weighted by molar-refractivity contribution is -0.149. The van der Waals surface area contributed by atoms with Gasteiger partial charge in [0.1, 0.15) is 6.10 Å². The fourth-order valence-corrected chi connectivity index (χ4v) is 3.31. The lowest BCUT2D eigenvalue weighted by Gasteiger charge is -2.40. The van der Waals surface area contributed by atoms with Crippen molar-refractivity contribution in [2.45, 2.75) is 26.0 Å². The zero-order valence-electron chi connectivity index (χ0n) is 14.3. The van der Waals surface area contributed by atoms with Crippen molar-refractivity contribution in [2.75, 3.05) is 39.3 Å². The Balaban J connectivity index is 1.68. The number of amides is 2. The van der Waals surface area contributed by atoms with Crippen molar-refractivity contribution < 1.29 is 14.3 Å². The molecule has 0 saturated carbocycles. The molecule has 2 aliphatic heterocycles. The number of hydrogen-bond acceptors (Lipinski definition) is 4. The largest absolute Gasteiger partial charge is 0.370 e. The SMILES string of the molecule is Cc1ccccc1[C@H]1CN(C(=O)CN2CCNCC2=O)[C@H](C)CO1. The average molecular weight is 331 g/mol. The van der Waals surface area contributed by atoms with Gasteiger partial charge in [-0.25, -0.2) is 0 Å². The number of rotatable bonds is 3. The van der Waals surface area contributed by atoms with Gasteiger partial charge >= 0.3 is 0 Å². The minimum atomic E-state index is -0.106. The monoisotopic (exact) mass is 331 g/mol. The highest BCUT2D eigenvalue weighted by Crippen LogP contribution is 2.27. The van der Waals surface area contributed by atoms with E-state index in [-0.39, 0.29) is 30.5 Å². The van der Waals surface area contributed by atoms with Gasteiger partial charge in [-0.3, -0.25) is 9.59 Å². The van der Waals surface area contributed by atoms with Crippen molar-refractivity contribution in [1.29, 1.82) is 0 Å². The number of hydrogen-bond donors (Lipinski definition) is 1. The minimum absolute atomic E-state index is 0.000339. The first-order valence-electron chi connectivity index (χ1n) is 8.51. The first kappa shape index (κ1) is 16.9. The lowest BCUT2D eigenvalue weighted by Crippen LogP contribution is -2.55. The van der Waals surface area contributed by atoms with Crippen LogP contribution in [0.3, 0.4) is 0 Å². The van der Waals surface area contributed by atoms with Crippen molar-refractivity contribution >= 4 is 11.8 Å². The first-order chi connectivity index (χ1) is 11.6. The molecule has 6 heteroatoms. The molecule has 130 valence electrons. The van der Waals surface area contributed by atoms with Gasteiger partial charge in [-0.15, -0.1) is 0 Å². The zero-order valence-corrected chi connectivity index (χ0v) is 14.3. The molecule has 1 aromatic rings. The van der Waals surface area contributed by atoms with Crippen LogP contribution in [-0.2, 0) is 14.3 Å². The molecule has 0 aliphatic carbocycles. The van der Waals surface area contributed by atoms with E-state index in [9.17, 15) is 9.59 Å². The van der Waals surface area contributed by atoms with Crippen molar-refractivity contribution in [2.24, 2.45) is 0 Å². The van der Waals surface area contributed by atoms with Crippen LogP contribution in [-0.4, -0.2) is 67.0 Å². The molecule has 2 aliphatic rings. The summed E-state index contributed by atoms with van der Waals surface area (Å²) in [6.07, 6.45) is -0.106. The van der Waals surface area contributed by atoms with Crippen LogP contribution < -0.4 is 5.32 Å². The van der Waals surface area contributed by atoms with E-state index < -0.39 is 0 Å². The second-order valence-corrected chi connectivity index (χ2v) is 6.57. The van der Waals surface area contributed by atoms with Gasteiger partial charge in [-0.2, -0.15) is 0 Å². The Hall–Kier alpha value is -1.92. The molecule has 0 aromatic heterocycles. The zero-order chi connectivity index (χ0) is 17.1. The van der Waals surface area contributed by atoms with Gasteiger partial charge in [0, 0.05) is 13.1 Å². The molecule has 2 heterocycles. The van der Waals surface area contributed by atoms with Gasteiger partial charge in [0.2, 0.25) is 11.8 Å². The lowest BCUT2D eigenvalue weighted by atomic mass is 10.0. The smallest absolute Gasteiger partial charge is 0.242 e. The van der Waals surface area contributed by atoms with Crippen molar-refractivity contribution in [3.63, 3.8) is 0 Å². The molecular formula is C18H25N3O3. The maximum atomic E-state index is 12.7. The number of nitrogens with zero attached hydrogens (tertiary/aromatic N) is 2. The summed E-state index contributed by atoms with van der Waals surface area (Å²) in [4.78, 5) is 28.1. The van der Waals surface area contributed by atoms with E-state index in [1.165, 1.54) is 5.56 Å². The molecule has 6 nitrogen and oxygen atoms in total. The van der Waals surface area contributed by atoms with Gasteiger partial charge in [-0.1, -0.05) is 24.3 Å². The minimum Gasteiger partial charge on any atom is -0.370 e. The van der Waals surface area contributed by atoms with Crippen LogP contribution in [0.1, 0.15) is 24.2 Å². The number of benzene rings is 1. The highest BCUT2D eigenvalue weighted by Gasteiger charge is 2.32. The second kappa shape index (κ2) is 7.32. The summed E-state index contributed by atoms with van der Waals surface area (Å²) in [6, 6.07) is 8.13. The Morgan fingerprint density at radius 2 is 2.17 bits per heavy atom. The third-order valence-electron chi connectivity index (χ3n) is 4.80. The number of morpholine rings is 1. The second-order valence-electron chi connectivity index (χ2n) is 6.57. The molecular weight excluding hydrogens is 306 g/mol. The molecule has 0 bridgehead atoms. The topological polar surface area (TPSA) is 61.9 Å². The van der Waals surface area contributed by atoms with Crippen LogP contribution in [0, 0.1) is 6.92 Å². The van der Waals surface area contributed by atoms with Crippen LogP contribution >= 0.6 is 0 Å². The molecule has 1 N–H and O–H groups in total. The number of carbonyl (C=O) groups excluding carboxylic acids is 2. The summed E-state index contributed by atoms with van der Waals surface area (Å²) in [6.45, 7) is 6.90. The summed E-state index contributed by atoms with van der Waals surface area (Å²) in [5.41, 5.74) is 2.29. The Labute approximate surface area is 142 Å². The van der Waals surface area contributed by atoms with Crippen molar-refractivity contribution in [3.05, 3.63) is 35.4 Å². The van der Waals surface area contributed by atoms with Crippen LogP contribution in [0.2, 0.25) is 0 Å². The summed E-state index contributed by atoms with van der Waals surface area (Å²) in [7, 11) is 0. The molecule has 0 radical (unpaired) electrons. The predicted molar refractivity (Wildman–Crippen MR) is 90.5 cm³/mol. The molecule has 0 spiro atoms. The van der Waals surface area contributed by atoms with Crippen LogP contribution in [0.5, 0.6) is 0 Å². The van der Waals surface area contributed by atoms with Crippen molar-refractivity contribution in [1.82, 2.24) is 15.1 Å². The molecule has 2 amide bonds. The maximum absolute atomic E-state index is 12.7. The fourth-order valence-electron chi connectivity index (χ4n) is 3.31. The molecule has 0 unspecified atom stereocenters. The van der Waals surface area contributed by atoms with E-state index in [1.807, 2.05) is 24.0 Å². The summed E-state index contributed by atoms with van der Waals surface area (Å²) in [5, 5.41) is 3.02. The molecule has 2 fully saturated rings. The summed E-state index contributed by atoms with van der Waals surface area (Å²) >= 11 is 0. The number of piperazine rings is 1. The average Bonchev–Trinajstić information content (AvgIpc) is 2.58. The van der Waals surface area contributed by atoms with E-state index in [0.29, 0.717) is 26.2 Å². The van der Waals surface area contributed by atoms with Gasteiger partial charge < -0.3 is 19.9 Å². The normalized spacial score (nSPS) is 25.0. The van der Waals surface area contributed by atoms with E-state index >= 15 is 0 Å². The van der Waals surface area contributed by atoms with Gasteiger partial charge in [0.25, 0.3) is 0 Å². The molecule has 1 aromatic carbocycles. The van der Waals surface area contributed by atoms with E-state index in [4.69, 9.17) is 4.74 Å². The Morgan fingerprint density at radius 1 is 1.38 bits per heavy atom. The first-order valence-corrected chi connectivity index (χ1v) is 8.51. The Kier molecular flexibility index (Phi) is 5.16. The third-order valence-corrected chi connectivity index (χ3v) is 4.80. The summed E-state index contributed by atoms with van der Waals surface area (Å²) in [5.74, 6) is -0.00870. The molecule has 24 heavy (non-hydrogen) atoms. The predicted octanol–water partition coefficient (Wildman–Crippen LogP) is 0.715. The highest BCUT2D eigenvalue weighted by atomic mass is 16.5. The number of carbonyl (C=O) groups is 2. The number of ether oxygens (including phenoxy) is 1. The number of nitrogens with one attached hydrogen (secondary N) is 1. The number of aryl methyl sites for hydroxylation is 1. The summed E-state index contributed by atoms with van der Waals surface area (Å²) < 4.78 is 5.96. The maximum Gasteiger partial charge on any atom is 0.242 e. The third kappa shape index (κ3) is 3.60. The van der Waals surface area contributed by atoms with Crippen molar-refractivity contribution in [3.8, 4) is 0 Å². The van der Waals surface area contributed by atoms with Crippen LogP contribution in [0.15, 0.2) is 24.3 Å². The quantitative estimate of drug-likeness (QED) is 0.886. The Morgan fingerprint density at radius 3 is 2.92 bits per heavy atom. The van der Waals surface area contributed by atoms with Gasteiger partial charge in [0.05, 0.1) is 32.3 Å². The standard InChI is InChI=1S/C18H25N3O3/c1-13-5-3-4-6-15(13)16-10-21(14(2)12-24-16)18(23)11-20-8-7-19-9-17(20)22/h3-6,14,16,19H,7-12H2,1-2H3/t14-,16-/m1/s1. The highest BCUT2D eigenvalue weighted by molar-refractivity contribution is 5.86. The van der Waals surface area contributed by atoms with Crippen LogP contribution in [0.4, 0.5) is 0 Å². The molecule has 3 rings (SSSR count). The van der Waals surface area contributed by atoms with Gasteiger partial charge in [0.15, 0.2) is 0 Å². The fraction of sp³-hybridized carbons (Fsp3) is 0.556. The molecule has 2 atom stereocenters. The van der Waals surface area contributed by atoms with E-state index in [1.54, 1.807) is 4.90 Å². The Bertz CT molecular complexity index is 619. The molecule has 2 saturated heterocycles.